The summed E-state index contributed by atoms with van der Waals surface area (Å²) in [5, 5.41) is -2.15. The van der Waals surface area contributed by atoms with Gasteiger partial charge in [0.1, 0.15) is 11.5 Å². The molecular formula is C25H22Cl2F9NO5S. The fraction of sp³-hybridized carbons (Fsp3) is 0.640. The Labute approximate surface area is 248 Å². The maximum absolute atomic E-state index is 14.2. The number of alkyl halides is 9. The zero-order valence-electron chi connectivity index (χ0n) is 21.6. The topological polar surface area (TPSA) is 78.6 Å². The number of nitrogens with zero attached hydrogens (tertiary/aromatic N) is 1. The second-order valence-corrected chi connectivity index (χ2v) is 13.4. The summed E-state index contributed by atoms with van der Waals surface area (Å²) < 4.78 is 160. The van der Waals surface area contributed by atoms with Crippen LogP contribution >= 0.6 is 23.2 Å². The van der Waals surface area contributed by atoms with Crippen molar-refractivity contribution in [2.45, 2.75) is 86.5 Å². The number of ether oxygens (including phenoxy) is 1. The monoisotopic (exact) mass is 689 g/mol. The third kappa shape index (κ3) is 5.52. The predicted octanol–water partition coefficient (Wildman–Crippen LogP) is 8.37. The molecule has 2 bridgehead atoms. The van der Waals surface area contributed by atoms with Crippen molar-refractivity contribution >= 4 is 33.3 Å². The fourth-order valence-electron chi connectivity index (χ4n) is 5.68. The van der Waals surface area contributed by atoms with E-state index in [0.29, 0.717) is 32.6 Å². The Kier molecular flexibility index (Phi) is 8.31. The highest BCUT2D eigenvalue weighted by molar-refractivity contribution is 7.87. The molecule has 0 aliphatic heterocycles. The summed E-state index contributed by atoms with van der Waals surface area (Å²) in [4.78, 5) is 0. The highest BCUT2D eigenvalue weighted by atomic mass is 35.5. The van der Waals surface area contributed by atoms with E-state index < -0.39 is 57.4 Å². The lowest BCUT2D eigenvalue weighted by molar-refractivity contribution is -0.383. The van der Waals surface area contributed by atoms with Gasteiger partial charge >= 0.3 is 33.4 Å². The molecule has 240 valence electrons. The van der Waals surface area contributed by atoms with Gasteiger partial charge in [0.05, 0.1) is 28.9 Å². The zero-order chi connectivity index (χ0) is 31.8. The summed E-state index contributed by atoms with van der Waals surface area (Å²) >= 11 is 12.7. The molecule has 0 unspecified atom stereocenters. The number of hydrogen-bond acceptors (Lipinski definition) is 6. The minimum Gasteiger partial charge on any atom is -0.373 e. The van der Waals surface area contributed by atoms with Crippen molar-refractivity contribution in [1.82, 2.24) is 5.16 Å². The average molecular weight is 690 g/mol. The highest BCUT2D eigenvalue weighted by Gasteiger charge is 2.86. The van der Waals surface area contributed by atoms with Gasteiger partial charge in [0, 0.05) is 17.0 Å². The van der Waals surface area contributed by atoms with E-state index in [4.69, 9.17) is 32.5 Å². The van der Waals surface area contributed by atoms with Gasteiger partial charge in [-0.05, 0) is 62.5 Å². The Bertz CT molecular complexity index is 1450. The first-order valence-corrected chi connectivity index (χ1v) is 15.1. The van der Waals surface area contributed by atoms with Crippen LogP contribution in [0.4, 0.5) is 39.5 Å². The normalized spacial score (nSPS) is 25.4. The molecule has 5 rings (SSSR count). The molecule has 3 fully saturated rings. The summed E-state index contributed by atoms with van der Waals surface area (Å²) in [6, 6.07) is 4.85. The van der Waals surface area contributed by atoms with Gasteiger partial charge in [-0.15, -0.1) is 0 Å². The molecule has 4 atom stereocenters. The van der Waals surface area contributed by atoms with E-state index in [-0.39, 0.29) is 38.2 Å². The number of halogens is 11. The molecule has 0 N–H and O–H groups in total. The van der Waals surface area contributed by atoms with Gasteiger partial charge in [-0.1, -0.05) is 34.4 Å². The van der Waals surface area contributed by atoms with Crippen LogP contribution in [0.3, 0.4) is 0 Å². The standard InChI is InChI=1S/C25H22Cl2F9NO5S/c26-16-2-1-3-17(27)18(16)19-15(21(41-37-19)11-4-5-11)10-40-14-8-12-6-7-13(9-14)20(12)42-43(38,39)25(35,36)23(30,31)22(28,29)24(32,33)34/h1-3,11-14,20H,4-10H2/t12-,13+,14+,20+. The smallest absolute Gasteiger partial charge is 0.373 e. The Balaban J connectivity index is 1.30. The molecule has 1 aromatic carbocycles. The molecule has 0 radical (unpaired) electrons. The van der Waals surface area contributed by atoms with Gasteiger partial charge in [0.25, 0.3) is 0 Å². The lowest BCUT2D eigenvalue weighted by Crippen LogP contribution is -2.63. The second kappa shape index (κ2) is 11.0. The van der Waals surface area contributed by atoms with Crippen LogP contribution in [-0.2, 0) is 25.6 Å². The maximum Gasteiger partial charge on any atom is 0.460 e. The summed E-state index contributed by atoms with van der Waals surface area (Å²) in [6.45, 7) is -0.0586. The largest absolute Gasteiger partial charge is 0.460 e. The van der Waals surface area contributed by atoms with Crippen LogP contribution < -0.4 is 0 Å². The molecule has 3 aliphatic carbocycles. The third-order valence-electron chi connectivity index (χ3n) is 8.07. The molecule has 2 aromatic rings. The summed E-state index contributed by atoms with van der Waals surface area (Å²) in [6.07, 6.45) is -7.35. The lowest BCUT2D eigenvalue weighted by Gasteiger charge is -2.37. The number of rotatable bonds is 10. The van der Waals surface area contributed by atoms with Crippen LogP contribution in [0.15, 0.2) is 22.7 Å². The van der Waals surface area contributed by atoms with Crippen LogP contribution in [0.25, 0.3) is 11.3 Å². The quantitative estimate of drug-likeness (QED) is 0.184. The first-order valence-electron chi connectivity index (χ1n) is 13.0. The Morgan fingerprint density at radius 1 is 0.884 bits per heavy atom. The van der Waals surface area contributed by atoms with Crippen molar-refractivity contribution in [3.63, 3.8) is 0 Å². The van der Waals surface area contributed by atoms with Crippen LogP contribution in [0.5, 0.6) is 0 Å². The van der Waals surface area contributed by atoms with Crippen molar-refractivity contribution in [3.05, 3.63) is 39.6 Å². The lowest BCUT2D eigenvalue weighted by atomic mass is 9.84. The van der Waals surface area contributed by atoms with Crippen LogP contribution in [0.2, 0.25) is 10.0 Å². The van der Waals surface area contributed by atoms with Crippen molar-refractivity contribution in [2.75, 3.05) is 0 Å². The van der Waals surface area contributed by atoms with Gasteiger partial charge in [-0.3, -0.25) is 4.18 Å². The summed E-state index contributed by atoms with van der Waals surface area (Å²) in [5.74, 6) is -15.8. The van der Waals surface area contributed by atoms with E-state index in [9.17, 15) is 47.9 Å². The SMILES string of the molecule is O=S(=O)(O[C@H]1[C@@H]2CC[C@H]1C[C@@H](OCc1c(-c3c(Cl)cccc3Cl)noc1C1CC1)C2)C(F)(F)C(F)(F)C(F)(F)C(F)(F)F. The van der Waals surface area contributed by atoms with Crippen LogP contribution in [0.1, 0.15) is 55.8 Å². The molecule has 1 aromatic heterocycles. The molecule has 3 saturated carbocycles. The third-order valence-corrected chi connectivity index (χ3v) is 10.1. The number of benzene rings is 1. The van der Waals surface area contributed by atoms with Crippen molar-refractivity contribution < 1.29 is 61.4 Å². The highest BCUT2D eigenvalue weighted by Crippen LogP contribution is 2.56. The van der Waals surface area contributed by atoms with Crippen LogP contribution in [-0.4, -0.2) is 49.1 Å². The van der Waals surface area contributed by atoms with Gasteiger partial charge in [0.15, 0.2) is 0 Å². The second-order valence-electron chi connectivity index (χ2n) is 10.9. The van der Waals surface area contributed by atoms with Crippen LogP contribution in [0, 0.1) is 11.8 Å². The Hall–Kier alpha value is -1.75. The van der Waals surface area contributed by atoms with E-state index in [1.807, 2.05) is 0 Å². The average Bonchev–Trinajstić information content (AvgIpc) is 3.62. The Morgan fingerprint density at radius 3 is 1.95 bits per heavy atom. The van der Waals surface area contributed by atoms with E-state index in [1.54, 1.807) is 18.2 Å². The first-order chi connectivity index (χ1) is 19.8. The molecule has 0 spiro atoms. The van der Waals surface area contributed by atoms with Gasteiger partial charge < -0.3 is 9.26 Å². The molecule has 0 amide bonds. The minimum absolute atomic E-state index is 0.00356. The molecule has 6 nitrogen and oxygen atoms in total. The fourth-order valence-corrected chi connectivity index (χ4v) is 7.43. The first kappa shape index (κ1) is 32.6. The van der Waals surface area contributed by atoms with E-state index in [0.717, 1.165) is 12.8 Å². The van der Waals surface area contributed by atoms with Crippen molar-refractivity contribution in [3.8, 4) is 11.3 Å². The van der Waals surface area contributed by atoms with E-state index in [2.05, 4.69) is 9.34 Å². The Morgan fingerprint density at radius 2 is 1.44 bits per heavy atom. The molecule has 43 heavy (non-hydrogen) atoms. The van der Waals surface area contributed by atoms with Crippen molar-refractivity contribution in [1.29, 1.82) is 0 Å². The molecule has 3 aliphatic rings. The summed E-state index contributed by atoms with van der Waals surface area (Å²) in [7, 11) is -6.95. The van der Waals surface area contributed by atoms with Gasteiger partial charge in [0.2, 0.25) is 0 Å². The molecular weight excluding hydrogens is 668 g/mol. The van der Waals surface area contributed by atoms with Gasteiger partial charge in [-0.2, -0.15) is 47.9 Å². The van der Waals surface area contributed by atoms with Crippen molar-refractivity contribution in [2.24, 2.45) is 11.8 Å². The molecule has 18 heteroatoms. The molecule has 1 heterocycles. The number of fused-ring (bicyclic) bond motifs is 2. The maximum atomic E-state index is 14.2. The minimum atomic E-state index is -7.36. The predicted molar refractivity (Wildman–Crippen MR) is 133 cm³/mol. The number of hydrogen-bond donors (Lipinski definition) is 0. The molecule has 0 saturated heterocycles. The van der Waals surface area contributed by atoms with E-state index in [1.165, 1.54) is 0 Å². The number of aromatic nitrogens is 1. The van der Waals surface area contributed by atoms with Gasteiger partial charge in [-0.25, -0.2) is 0 Å². The summed E-state index contributed by atoms with van der Waals surface area (Å²) in [5.41, 5.74) is 1.33. The van der Waals surface area contributed by atoms with E-state index >= 15 is 0 Å². The zero-order valence-corrected chi connectivity index (χ0v) is 24.0.